The summed E-state index contributed by atoms with van der Waals surface area (Å²) in [6, 6.07) is 7.56. The second-order valence-electron chi connectivity index (χ2n) is 3.83. The molecule has 0 aliphatic carbocycles. The molecule has 0 radical (unpaired) electrons. The summed E-state index contributed by atoms with van der Waals surface area (Å²) in [7, 11) is 0. The fourth-order valence-electron chi connectivity index (χ4n) is 1.15. The third kappa shape index (κ3) is 5.15. The van der Waals surface area contributed by atoms with Gasteiger partial charge in [-0.15, -0.1) is 0 Å². The third-order valence-corrected chi connectivity index (χ3v) is 2.23. The topological polar surface area (TPSA) is 50.7 Å². The summed E-state index contributed by atoms with van der Waals surface area (Å²) in [6.45, 7) is 5.53. The van der Waals surface area contributed by atoms with Crippen molar-refractivity contribution in [1.29, 1.82) is 0 Å². The predicted molar refractivity (Wildman–Crippen MR) is 68.2 cm³/mol. The van der Waals surface area contributed by atoms with E-state index in [1.54, 1.807) is 6.21 Å². The molecule has 0 saturated heterocycles. The molecule has 0 saturated carbocycles. The molecule has 0 heterocycles. The SMILES string of the molecule is CC[C@H](C)Oc1ccc(/C=N\NC(C)=O)cc1. The number of hydrogen-bond acceptors (Lipinski definition) is 3. The lowest BCUT2D eigenvalue weighted by Gasteiger charge is -2.12. The molecule has 1 atom stereocenters. The van der Waals surface area contributed by atoms with Gasteiger partial charge in [-0.3, -0.25) is 4.79 Å². The zero-order valence-electron chi connectivity index (χ0n) is 10.4. The normalized spacial score (nSPS) is 12.4. The van der Waals surface area contributed by atoms with Gasteiger partial charge in [0.05, 0.1) is 12.3 Å². The van der Waals surface area contributed by atoms with Crippen molar-refractivity contribution in [1.82, 2.24) is 5.43 Å². The Kier molecular flexibility index (Phi) is 5.20. The fraction of sp³-hybridized carbons (Fsp3) is 0.385. The van der Waals surface area contributed by atoms with Crippen LogP contribution in [0.25, 0.3) is 0 Å². The summed E-state index contributed by atoms with van der Waals surface area (Å²) >= 11 is 0. The monoisotopic (exact) mass is 234 g/mol. The molecule has 1 rings (SSSR count). The van der Waals surface area contributed by atoms with Gasteiger partial charge in [0, 0.05) is 6.92 Å². The highest BCUT2D eigenvalue weighted by Crippen LogP contribution is 2.13. The molecule has 0 aliphatic heterocycles. The summed E-state index contributed by atoms with van der Waals surface area (Å²) in [5.41, 5.74) is 3.26. The molecule has 1 amide bonds. The van der Waals surface area contributed by atoms with E-state index in [-0.39, 0.29) is 12.0 Å². The van der Waals surface area contributed by atoms with Crippen molar-refractivity contribution in [2.75, 3.05) is 0 Å². The van der Waals surface area contributed by atoms with Crippen LogP contribution in [0, 0.1) is 0 Å². The minimum absolute atomic E-state index is 0.182. The average molecular weight is 234 g/mol. The van der Waals surface area contributed by atoms with E-state index in [1.807, 2.05) is 31.2 Å². The molecule has 92 valence electrons. The van der Waals surface area contributed by atoms with Crippen molar-refractivity contribution in [3.8, 4) is 5.75 Å². The number of benzene rings is 1. The van der Waals surface area contributed by atoms with Gasteiger partial charge < -0.3 is 4.74 Å². The first-order valence-electron chi connectivity index (χ1n) is 5.68. The molecule has 4 nitrogen and oxygen atoms in total. The van der Waals surface area contributed by atoms with Gasteiger partial charge >= 0.3 is 0 Å². The van der Waals surface area contributed by atoms with Crippen molar-refractivity contribution >= 4 is 12.1 Å². The Morgan fingerprint density at radius 3 is 2.65 bits per heavy atom. The highest BCUT2D eigenvalue weighted by atomic mass is 16.5. The number of carbonyl (C=O) groups excluding carboxylic acids is 1. The second-order valence-corrected chi connectivity index (χ2v) is 3.83. The van der Waals surface area contributed by atoms with Crippen LogP contribution >= 0.6 is 0 Å². The van der Waals surface area contributed by atoms with Crippen LogP contribution in [-0.4, -0.2) is 18.2 Å². The maximum atomic E-state index is 10.6. The van der Waals surface area contributed by atoms with Crippen LogP contribution in [0.15, 0.2) is 29.4 Å². The van der Waals surface area contributed by atoms with Crippen molar-refractivity contribution in [2.45, 2.75) is 33.3 Å². The highest BCUT2D eigenvalue weighted by molar-refractivity contribution is 5.81. The Bertz CT molecular complexity index is 385. The van der Waals surface area contributed by atoms with Crippen LogP contribution in [0.4, 0.5) is 0 Å². The molecule has 4 heteroatoms. The summed E-state index contributed by atoms with van der Waals surface area (Å²) in [5.74, 6) is 0.661. The van der Waals surface area contributed by atoms with Gasteiger partial charge in [-0.25, -0.2) is 5.43 Å². The molecular formula is C13H18N2O2. The Balaban J connectivity index is 2.55. The van der Waals surface area contributed by atoms with E-state index in [0.29, 0.717) is 0 Å². The molecular weight excluding hydrogens is 216 g/mol. The summed E-state index contributed by atoms with van der Waals surface area (Å²) in [5, 5.41) is 3.78. The number of nitrogens with zero attached hydrogens (tertiary/aromatic N) is 1. The molecule has 0 fully saturated rings. The van der Waals surface area contributed by atoms with Crippen molar-refractivity contribution in [3.63, 3.8) is 0 Å². The number of rotatable bonds is 5. The lowest BCUT2D eigenvalue weighted by molar-refractivity contribution is -0.118. The third-order valence-electron chi connectivity index (χ3n) is 2.23. The van der Waals surface area contributed by atoms with Crippen LogP contribution < -0.4 is 10.2 Å². The lowest BCUT2D eigenvalue weighted by atomic mass is 10.2. The number of carbonyl (C=O) groups is 1. The number of nitrogens with one attached hydrogen (secondary N) is 1. The van der Waals surface area contributed by atoms with Gasteiger partial charge in [-0.2, -0.15) is 5.10 Å². The maximum absolute atomic E-state index is 10.6. The minimum Gasteiger partial charge on any atom is -0.491 e. The highest BCUT2D eigenvalue weighted by Gasteiger charge is 2.00. The van der Waals surface area contributed by atoms with E-state index in [2.05, 4.69) is 17.5 Å². The minimum atomic E-state index is -0.182. The van der Waals surface area contributed by atoms with E-state index >= 15 is 0 Å². The van der Waals surface area contributed by atoms with Gasteiger partial charge in [0.1, 0.15) is 5.75 Å². The first-order valence-corrected chi connectivity index (χ1v) is 5.68. The van der Waals surface area contributed by atoms with Gasteiger partial charge in [-0.1, -0.05) is 6.92 Å². The first kappa shape index (κ1) is 13.2. The van der Waals surface area contributed by atoms with E-state index in [4.69, 9.17) is 4.74 Å². The largest absolute Gasteiger partial charge is 0.491 e. The molecule has 0 unspecified atom stereocenters. The molecule has 1 aromatic carbocycles. The number of hydrazone groups is 1. The molecule has 0 aromatic heterocycles. The Morgan fingerprint density at radius 2 is 2.12 bits per heavy atom. The van der Waals surface area contributed by atoms with Crippen LogP contribution in [0.2, 0.25) is 0 Å². The van der Waals surface area contributed by atoms with Crippen LogP contribution in [0.3, 0.4) is 0 Å². The second kappa shape index (κ2) is 6.68. The Morgan fingerprint density at radius 1 is 1.47 bits per heavy atom. The molecule has 1 aromatic rings. The van der Waals surface area contributed by atoms with Crippen LogP contribution in [-0.2, 0) is 4.79 Å². The molecule has 17 heavy (non-hydrogen) atoms. The van der Waals surface area contributed by atoms with Crippen molar-refractivity contribution in [3.05, 3.63) is 29.8 Å². The molecule has 0 spiro atoms. The van der Waals surface area contributed by atoms with Gasteiger partial charge in [0.2, 0.25) is 5.91 Å². The summed E-state index contributed by atoms with van der Waals surface area (Å²) in [6.07, 6.45) is 2.79. The first-order chi connectivity index (χ1) is 8.11. The van der Waals surface area contributed by atoms with Crippen molar-refractivity contribution in [2.24, 2.45) is 5.10 Å². The molecule has 0 bridgehead atoms. The van der Waals surface area contributed by atoms with Crippen molar-refractivity contribution < 1.29 is 9.53 Å². The van der Waals surface area contributed by atoms with Gasteiger partial charge in [0.25, 0.3) is 0 Å². The lowest BCUT2D eigenvalue weighted by Crippen LogP contribution is -2.12. The average Bonchev–Trinajstić information content (AvgIpc) is 2.31. The summed E-state index contributed by atoms with van der Waals surface area (Å²) in [4.78, 5) is 10.6. The Labute approximate surface area is 102 Å². The molecule has 0 aliphatic rings. The number of hydrogen-bond donors (Lipinski definition) is 1. The number of ether oxygens (including phenoxy) is 1. The summed E-state index contributed by atoms with van der Waals surface area (Å²) < 4.78 is 5.65. The van der Waals surface area contributed by atoms with Crippen LogP contribution in [0.5, 0.6) is 5.75 Å². The standard InChI is InChI=1S/C13H18N2O2/c1-4-10(2)17-13-7-5-12(6-8-13)9-14-15-11(3)16/h5-10H,4H2,1-3H3,(H,15,16)/b14-9-/t10-/m0/s1. The quantitative estimate of drug-likeness (QED) is 0.628. The van der Waals surface area contributed by atoms with E-state index in [9.17, 15) is 4.79 Å². The van der Waals surface area contributed by atoms with E-state index in [1.165, 1.54) is 6.92 Å². The molecule has 1 N–H and O–H groups in total. The zero-order valence-corrected chi connectivity index (χ0v) is 10.4. The van der Waals surface area contributed by atoms with Gasteiger partial charge in [-0.05, 0) is 43.2 Å². The van der Waals surface area contributed by atoms with Gasteiger partial charge in [0.15, 0.2) is 0 Å². The Hall–Kier alpha value is -1.84. The number of amides is 1. The van der Waals surface area contributed by atoms with E-state index < -0.39 is 0 Å². The van der Waals surface area contributed by atoms with Crippen LogP contribution in [0.1, 0.15) is 32.8 Å². The fourth-order valence-corrected chi connectivity index (χ4v) is 1.15. The predicted octanol–water partition coefficient (Wildman–Crippen LogP) is 2.33. The maximum Gasteiger partial charge on any atom is 0.236 e. The van der Waals surface area contributed by atoms with E-state index in [0.717, 1.165) is 17.7 Å². The zero-order chi connectivity index (χ0) is 12.7. The smallest absolute Gasteiger partial charge is 0.236 e.